The SMILES string of the molecule is C#CCn1c(=NC(=O)Cc2cccc3ccccc23)sc2c3ccccc3ccc21. The van der Waals surface area contributed by atoms with Crippen LogP contribution in [0.5, 0.6) is 0 Å². The van der Waals surface area contributed by atoms with E-state index in [4.69, 9.17) is 6.42 Å². The van der Waals surface area contributed by atoms with Gasteiger partial charge in [-0.15, -0.1) is 6.42 Å². The van der Waals surface area contributed by atoms with E-state index in [2.05, 4.69) is 47.3 Å². The number of carbonyl (C=O) groups excluding carboxylic acids is 1. The Labute approximate surface area is 177 Å². The van der Waals surface area contributed by atoms with Gasteiger partial charge in [-0.05, 0) is 27.8 Å². The molecule has 0 aliphatic heterocycles. The van der Waals surface area contributed by atoms with E-state index in [1.165, 1.54) is 11.3 Å². The third-order valence-corrected chi connectivity index (χ3v) is 6.39. The summed E-state index contributed by atoms with van der Waals surface area (Å²) in [5, 5.41) is 4.52. The maximum absolute atomic E-state index is 12.9. The molecule has 3 nitrogen and oxygen atoms in total. The first-order chi connectivity index (χ1) is 14.7. The molecule has 4 heteroatoms. The van der Waals surface area contributed by atoms with Crippen molar-refractivity contribution in [2.24, 2.45) is 4.99 Å². The van der Waals surface area contributed by atoms with E-state index in [0.717, 1.165) is 37.3 Å². The number of aromatic nitrogens is 1. The lowest BCUT2D eigenvalue weighted by molar-refractivity contribution is -0.117. The van der Waals surface area contributed by atoms with Crippen molar-refractivity contribution in [3.8, 4) is 12.3 Å². The minimum absolute atomic E-state index is 0.173. The number of hydrogen-bond donors (Lipinski definition) is 0. The monoisotopic (exact) mass is 406 g/mol. The zero-order chi connectivity index (χ0) is 20.5. The number of thiazole rings is 1. The number of nitrogens with zero attached hydrogens (tertiary/aromatic N) is 2. The second-order valence-electron chi connectivity index (χ2n) is 7.13. The Bertz CT molecular complexity index is 1530. The van der Waals surface area contributed by atoms with Gasteiger partial charge in [-0.3, -0.25) is 4.79 Å². The summed E-state index contributed by atoms with van der Waals surface area (Å²) >= 11 is 1.52. The van der Waals surface area contributed by atoms with Crippen molar-refractivity contribution in [1.29, 1.82) is 0 Å². The molecular formula is C26H18N2OS. The van der Waals surface area contributed by atoms with Crippen LogP contribution in [0.1, 0.15) is 5.56 Å². The van der Waals surface area contributed by atoms with Crippen molar-refractivity contribution in [3.63, 3.8) is 0 Å². The first-order valence-electron chi connectivity index (χ1n) is 9.73. The van der Waals surface area contributed by atoms with Crippen LogP contribution in [-0.4, -0.2) is 10.5 Å². The molecule has 5 rings (SSSR count). The van der Waals surface area contributed by atoms with Gasteiger partial charge in [0.1, 0.15) is 0 Å². The average molecular weight is 407 g/mol. The zero-order valence-corrected chi connectivity index (χ0v) is 17.0. The molecule has 0 aliphatic rings. The lowest BCUT2D eigenvalue weighted by Gasteiger charge is -2.04. The Morgan fingerprint density at radius 3 is 2.40 bits per heavy atom. The largest absolute Gasteiger partial charge is 0.305 e. The minimum Gasteiger partial charge on any atom is -0.305 e. The van der Waals surface area contributed by atoms with E-state index in [-0.39, 0.29) is 12.3 Å². The number of amides is 1. The van der Waals surface area contributed by atoms with Crippen molar-refractivity contribution in [3.05, 3.63) is 89.2 Å². The van der Waals surface area contributed by atoms with Gasteiger partial charge in [-0.1, -0.05) is 90.1 Å². The second kappa shape index (κ2) is 7.62. The summed E-state index contributed by atoms with van der Waals surface area (Å²) in [6.07, 6.45) is 5.87. The highest BCUT2D eigenvalue weighted by atomic mass is 32.1. The van der Waals surface area contributed by atoms with Crippen molar-refractivity contribution in [1.82, 2.24) is 4.57 Å². The molecule has 0 saturated carbocycles. The number of carbonyl (C=O) groups is 1. The maximum atomic E-state index is 12.9. The van der Waals surface area contributed by atoms with Gasteiger partial charge in [0.15, 0.2) is 4.80 Å². The summed E-state index contributed by atoms with van der Waals surface area (Å²) in [4.78, 5) is 18.0. The summed E-state index contributed by atoms with van der Waals surface area (Å²) < 4.78 is 3.05. The number of benzene rings is 4. The highest BCUT2D eigenvalue weighted by Gasteiger charge is 2.11. The standard InChI is InChI=1S/C26H18N2OS/c1-2-16-28-23-15-14-19-9-4-6-13-22(19)25(23)30-26(28)27-24(29)17-20-11-7-10-18-8-3-5-12-21(18)20/h1,3-15H,16-17H2. The molecule has 0 bridgehead atoms. The van der Waals surface area contributed by atoms with Crippen LogP contribution >= 0.6 is 11.3 Å². The first-order valence-corrected chi connectivity index (χ1v) is 10.5. The molecule has 0 fully saturated rings. The van der Waals surface area contributed by atoms with Gasteiger partial charge >= 0.3 is 0 Å². The van der Waals surface area contributed by atoms with Crippen LogP contribution in [0.15, 0.2) is 83.9 Å². The molecule has 0 aliphatic carbocycles. The van der Waals surface area contributed by atoms with Crippen molar-refractivity contribution >= 4 is 49.0 Å². The van der Waals surface area contributed by atoms with Gasteiger partial charge in [0.25, 0.3) is 5.91 Å². The third kappa shape index (κ3) is 3.20. The molecule has 0 radical (unpaired) electrons. The normalized spacial score (nSPS) is 11.9. The van der Waals surface area contributed by atoms with Crippen molar-refractivity contribution < 1.29 is 4.79 Å². The van der Waals surface area contributed by atoms with Gasteiger partial charge in [0.2, 0.25) is 0 Å². The molecule has 0 unspecified atom stereocenters. The van der Waals surface area contributed by atoms with Crippen LogP contribution < -0.4 is 4.80 Å². The minimum atomic E-state index is -0.173. The molecule has 0 saturated heterocycles. The molecule has 144 valence electrons. The van der Waals surface area contributed by atoms with E-state index in [9.17, 15) is 4.79 Å². The molecule has 1 aromatic heterocycles. The predicted molar refractivity (Wildman–Crippen MR) is 124 cm³/mol. The summed E-state index contributed by atoms with van der Waals surface area (Å²) in [7, 11) is 0. The van der Waals surface area contributed by atoms with Crippen LogP contribution in [-0.2, 0) is 17.8 Å². The second-order valence-corrected chi connectivity index (χ2v) is 8.11. The van der Waals surface area contributed by atoms with E-state index in [1.807, 2.05) is 47.0 Å². The summed E-state index contributed by atoms with van der Waals surface area (Å²) in [5.41, 5.74) is 1.99. The van der Waals surface area contributed by atoms with E-state index >= 15 is 0 Å². The molecule has 0 N–H and O–H groups in total. The molecule has 0 atom stereocenters. The third-order valence-electron chi connectivity index (χ3n) is 5.27. The van der Waals surface area contributed by atoms with Gasteiger partial charge in [-0.2, -0.15) is 4.99 Å². The Hall–Kier alpha value is -3.68. The lowest BCUT2D eigenvalue weighted by atomic mass is 10.0. The number of fused-ring (bicyclic) bond motifs is 4. The van der Waals surface area contributed by atoms with E-state index < -0.39 is 0 Å². The Morgan fingerprint density at radius 1 is 0.900 bits per heavy atom. The molecule has 1 heterocycles. The van der Waals surface area contributed by atoms with E-state index in [1.54, 1.807) is 0 Å². The van der Waals surface area contributed by atoms with E-state index in [0.29, 0.717) is 11.3 Å². The topological polar surface area (TPSA) is 34.4 Å². The van der Waals surface area contributed by atoms with Gasteiger partial charge in [0, 0.05) is 5.39 Å². The quantitative estimate of drug-likeness (QED) is 0.374. The molecule has 5 aromatic rings. The Kier molecular flexibility index (Phi) is 4.66. The summed E-state index contributed by atoms with van der Waals surface area (Å²) in [5.74, 6) is 2.52. The van der Waals surface area contributed by atoms with Gasteiger partial charge in [0.05, 0.1) is 23.2 Å². The van der Waals surface area contributed by atoms with Gasteiger partial charge in [-0.25, -0.2) is 0 Å². The molecule has 0 spiro atoms. The maximum Gasteiger partial charge on any atom is 0.252 e. The Balaban J connectivity index is 1.62. The molecule has 4 aromatic carbocycles. The number of hydrogen-bond acceptors (Lipinski definition) is 2. The fraction of sp³-hybridized carbons (Fsp3) is 0.0769. The predicted octanol–water partition coefficient (Wildman–Crippen LogP) is 5.31. The fourth-order valence-corrected chi connectivity index (χ4v) is 5.07. The average Bonchev–Trinajstić information content (AvgIpc) is 3.12. The van der Waals surface area contributed by atoms with Crippen LogP contribution in [0.3, 0.4) is 0 Å². The highest BCUT2D eigenvalue weighted by molar-refractivity contribution is 7.17. The highest BCUT2D eigenvalue weighted by Crippen LogP contribution is 2.27. The molecular weight excluding hydrogens is 388 g/mol. The zero-order valence-electron chi connectivity index (χ0n) is 16.2. The lowest BCUT2D eigenvalue weighted by Crippen LogP contribution is -2.17. The Morgan fingerprint density at radius 2 is 1.60 bits per heavy atom. The number of rotatable bonds is 3. The van der Waals surface area contributed by atoms with Gasteiger partial charge < -0.3 is 4.57 Å². The van der Waals surface area contributed by atoms with Crippen molar-refractivity contribution in [2.75, 3.05) is 0 Å². The molecule has 1 amide bonds. The van der Waals surface area contributed by atoms with Crippen LogP contribution in [0, 0.1) is 12.3 Å². The summed E-state index contributed by atoms with van der Waals surface area (Å²) in [6, 6.07) is 26.5. The number of terminal acetylenes is 1. The van der Waals surface area contributed by atoms with Crippen LogP contribution in [0.25, 0.3) is 31.8 Å². The smallest absolute Gasteiger partial charge is 0.252 e. The van der Waals surface area contributed by atoms with Crippen molar-refractivity contribution in [2.45, 2.75) is 13.0 Å². The first kappa shape index (κ1) is 18.4. The fourth-order valence-electron chi connectivity index (χ4n) is 3.88. The molecule has 30 heavy (non-hydrogen) atoms. The van der Waals surface area contributed by atoms with Crippen LogP contribution in [0.2, 0.25) is 0 Å². The van der Waals surface area contributed by atoms with Crippen LogP contribution in [0.4, 0.5) is 0 Å². The summed E-state index contributed by atoms with van der Waals surface area (Å²) in [6.45, 7) is 0.374.